The zero-order valence-corrected chi connectivity index (χ0v) is 25.1. The van der Waals surface area contributed by atoms with Gasteiger partial charge in [0.2, 0.25) is 0 Å². The van der Waals surface area contributed by atoms with Crippen molar-refractivity contribution < 1.29 is 35.9 Å². The summed E-state index contributed by atoms with van der Waals surface area (Å²) in [5, 5.41) is 10.6. The molecule has 1 aliphatic rings. The van der Waals surface area contributed by atoms with Crippen LogP contribution in [0.15, 0.2) is 30.4 Å². The van der Waals surface area contributed by atoms with Gasteiger partial charge in [0.1, 0.15) is 0 Å². The van der Waals surface area contributed by atoms with Crippen LogP contribution in [0.3, 0.4) is 0 Å². The molecule has 0 radical (unpaired) electrons. The number of nitrogens with zero attached hydrogens (tertiary/aromatic N) is 1. The first-order chi connectivity index (χ1) is 14.3. The van der Waals surface area contributed by atoms with E-state index < -0.39 is 0 Å². The molecule has 1 aromatic rings. The van der Waals surface area contributed by atoms with Crippen molar-refractivity contribution in [2.45, 2.75) is 92.9 Å². The van der Waals surface area contributed by atoms with Gasteiger partial charge in [0.25, 0.3) is 0 Å². The molecule has 2 rings (SSSR count). The number of unbranched alkanes of at least 4 members (excludes halogenated alkanes) is 1. The largest absolute Gasteiger partial charge is 2.00 e. The fourth-order valence-electron chi connectivity index (χ4n) is 3.10. The van der Waals surface area contributed by atoms with Crippen molar-refractivity contribution in [2.75, 3.05) is 7.05 Å². The maximum absolute atomic E-state index is 8.94. The fourth-order valence-corrected chi connectivity index (χ4v) is 3.10. The van der Waals surface area contributed by atoms with Crippen LogP contribution in [-0.2, 0) is 4.79 Å². The maximum atomic E-state index is 8.94. The number of amides is 1. The van der Waals surface area contributed by atoms with Crippen LogP contribution < -0.4 is 5.32 Å². The summed E-state index contributed by atoms with van der Waals surface area (Å²) in [5.74, 6) is 0. The number of benzene rings is 1. The molecule has 0 aromatic heterocycles. The summed E-state index contributed by atoms with van der Waals surface area (Å²) in [7, 11) is 1.51. The minimum absolute atomic E-state index is 0. The van der Waals surface area contributed by atoms with Crippen LogP contribution in [0.1, 0.15) is 95.8 Å². The molecule has 31 heavy (non-hydrogen) atoms. The molecule has 4 heteroatoms. The Labute approximate surface area is 216 Å². The monoisotopic (exact) mass is 650 g/mol. The second kappa shape index (κ2) is 23.6. The van der Waals surface area contributed by atoms with Crippen LogP contribution in [-0.4, -0.2) is 13.5 Å². The van der Waals surface area contributed by atoms with Crippen LogP contribution >= 0.6 is 0 Å². The number of hydrogen-bond acceptors (Lipinski definition) is 2. The topological polar surface area (TPSA) is 52.9 Å². The van der Waals surface area contributed by atoms with Crippen LogP contribution in [0.25, 0.3) is 0 Å². The standard InChI is InChI=1S/C11H21.C9H9N.C5H10.C2H4NO.U/c1-3-4-8-11(2)9-6-5-7-10-11;1-7-3-4-9(6-10)5-8(7)2;1-3-5-4-2;1-3-2-4;/h6H,3-5,7-10H2,1-2H3;3-5H,1-2H3;3,5H,4H2,1-2H3;1H3,(H,3,4);/q-1;;;-1;+2/b;;5-3-;;/t11-;;;;/m1..../s1. The van der Waals surface area contributed by atoms with Gasteiger partial charge >= 0.3 is 31.1 Å². The van der Waals surface area contributed by atoms with Crippen molar-refractivity contribution in [2.24, 2.45) is 5.41 Å². The Morgan fingerprint density at radius 1 is 1.29 bits per heavy atom. The SMILES string of the molecule is C/C=C\CC.CCCC[C@]1(C)C[CH-]CCC1.CN[C-]=O.Cc1ccc(C#N)cc1C.[U+2]. The summed E-state index contributed by atoms with van der Waals surface area (Å²) in [6, 6.07) is 7.79. The second-order valence-corrected chi connectivity index (χ2v) is 8.04. The molecular formula is C27H44N2OU. The van der Waals surface area contributed by atoms with Gasteiger partial charge in [-0.25, -0.2) is 0 Å². The average molecular weight is 651 g/mol. The van der Waals surface area contributed by atoms with E-state index in [0.717, 1.165) is 12.0 Å². The van der Waals surface area contributed by atoms with Gasteiger partial charge in [-0.3, -0.25) is 0 Å². The van der Waals surface area contributed by atoms with E-state index in [-0.39, 0.29) is 31.1 Å². The van der Waals surface area contributed by atoms with Crippen molar-refractivity contribution in [3.05, 3.63) is 53.5 Å². The summed E-state index contributed by atoms with van der Waals surface area (Å²) in [4.78, 5) is 8.94. The Balaban J connectivity index is -0.000000362. The molecule has 172 valence electrons. The van der Waals surface area contributed by atoms with Crippen LogP contribution in [0, 0.1) is 68.1 Å². The predicted molar refractivity (Wildman–Crippen MR) is 131 cm³/mol. The number of aryl methyl sites for hydroxylation is 2. The molecule has 0 bridgehead atoms. The van der Waals surface area contributed by atoms with Gasteiger partial charge in [-0.15, -0.1) is 0 Å². The maximum Gasteiger partial charge on any atom is 2.00 e. The molecular weight excluding hydrogens is 606 g/mol. The number of hydrogen-bond donors (Lipinski definition) is 1. The number of allylic oxidation sites excluding steroid dienone is 2. The summed E-state index contributed by atoms with van der Waals surface area (Å²) < 4.78 is 0. The van der Waals surface area contributed by atoms with E-state index >= 15 is 0 Å². The second-order valence-electron chi connectivity index (χ2n) is 8.04. The number of nitrogens with one attached hydrogen (secondary N) is 1. The van der Waals surface area contributed by atoms with E-state index in [1.54, 1.807) is 0 Å². The summed E-state index contributed by atoms with van der Waals surface area (Å²) in [6.45, 7) is 12.9. The third-order valence-corrected chi connectivity index (χ3v) is 5.17. The van der Waals surface area contributed by atoms with Crippen LogP contribution in [0.2, 0.25) is 0 Å². The first kappa shape index (κ1) is 34.6. The quantitative estimate of drug-likeness (QED) is 0.206. The zero-order valence-electron chi connectivity index (χ0n) is 21.0. The Morgan fingerprint density at radius 2 is 1.94 bits per heavy atom. The molecule has 0 heterocycles. The average Bonchev–Trinajstić information content (AvgIpc) is 2.76. The molecule has 0 unspecified atom stereocenters. The normalized spacial score (nSPS) is 16.6. The Morgan fingerprint density at radius 3 is 2.29 bits per heavy atom. The number of carbonyl (C=O) groups excluding carboxylic acids is 1. The van der Waals surface area contributed by atoms with E-state index in [0.29, 0.717) is 5.41 Å². The van der Waals surface area contributed by atoms with Gasteiger partial charge in [-0.1, -0.05) is 76.5 Å². The van der Waals surface area contributed by atoms with Gasteiger partial charge in [0.15, 0.2) is 0 Å². The minimum Gasteiger partial charge on any atom is -0.532 e. The zero-order chi connectivity index (χ0) is 23.3. The molecule has 0 aliphatic heterocycles. The Kier molecular flexibility index (Phi) is 26.4. The van der Waals surface area contributed by atoms with Gasteiger partial charge in [-0.05, 0) is 57.5 Å². The van der Waals surface area contributed by atoms with Gasteiger partial charge in [-0.2, -0.15) is 24.5 Å². The summed E-state index contributed by atoms with van der Waals surface area (Å²) in [5.41, 5.74) is 3.83. The van der Waals surface area contributed by atoms with Crippen molar-refractivity contribution in [3.63, 3.8) is 0 Å². The van der Waals surface area contributed by atoms with Crippen LogP contribution in [0.5, 0.6) is 0 Å². The number of nitriles is 1. The molecule has 1 saturated carbocycles. The molecule has 1 aliphatic carbocycles. The summed E-state index contributed by atoms with van der Waals surface area (Å²) >= 11 is 0. The van der Waals surface area contributed by atoms with Crippen molar-refractivity contribution in [1.29, 1.82) is 5.26 Å². The van der Waals surface area contributed by atoms with Crippen molar-refractivity contribution >= 4 is 6.41 Å². The smallest absolute Gasteiger partial charge is 0.532 e. The van der Waals surface area contributed by atoms with E-state index in [1.807, 2.05) is 39.0 Å². The molecule has 0 spiro atoms. The molecule has 1 atom stereocenters. The molecule has 1 aromatic carbocycles. The third-order valence-electron chi connectivity index (χ3n) is 5.17. The van der Waals surface area contributed by atoms with Crippen molar-refractivity contribution in [1.82, 2.24) is 5.32 Å². The van der Waals surface area contributed by atoms with E-state index in [2.05, 4.69) is 50.7 Å². The first-order valence-corrected chi connectivity index (χ1v) is 11.3. The third kappa shape index (κ3) is 20.6. The Hall–Kier alpha value is -1.03. The molecule has 1 amide bonds. The fraction of sp³-hybridized carbons (Fsp3) is 0.593. The van der Waals surface area contributed by atoms with E-state index in [9.17, 15) is 0 Å². The Bertz CT molecular complexity index is 614. The molecule has 1 N–H and O–H groups in total. The summed E-state index contributed by atoms with van der Waals surface area (Å²) in [6.07, 6.45) is 19.1. The van der Waals surface area contributed by atoms with Crippen molar-refractivity contribution in [3.8, 4) is 6.07 Å². The molecule has 1 fully saturated rings. The van der Waals surface area contributed by atoms with Gasteiger partial charge in [0.05, 0.1) is 11.6 Å². The molecule has 0 saturated heterocycles. The number of rotatable bonds is 5. The first-order valence-electron chi connectivity index (χ1n) is 11.3. The van der Waals surface area contributed by atoms with Gasteiger partial charge < -0.3 is 16.5 Å². The van der Waals surface area contributed by atoms with E-state index in [4.69, 9.17) is 10.1 Å². The van der Waals surface area contributed by atoms with E-state index in [1.165, 1.54) is 69.5 Å². The van der Waals surface area contributed by atoms with Gasteiger partial charge in [0, 0.05) is 0 Å². The van der Waals surface area contributed by atoms with Crippen LogP contribution in [0.4, 0.5) is 0 Å². The predicted octanol–water partition coefficient (Wildman–Crippen LogP) is 7.38. The minimum atomic E-state index is 0. The molecule has 3 nitrogen and oxygen atoms in total.